The molecular weight excluding hydrogens is 369 g/mol. The zero-order valence-electron chi connectivity index (χ0n) is 14.7. The molecule has 0 aromatic heterocycles. The molecule has 1 aliphatic rings. The third-order valence-corrected chi connectivity index (χ3v) is 4.83. The lowest BCUT2D eigenvalue weighted by Crippen LogP contribution is -2.30. The SMILES string of the molecule is COC(=O)C1=C(C)C=C(C)[C@@H](C(C)=O)[C@@H]1c1ccc(Cl)c(C(F)(F)F)c1. The Morgan fingerprint density at radius 3 is 2.31 bits per heavy atom. The number of hydrogen-bond acceptors (Lipinski definition) is 3. The van der Waals surface area contributed by atoms with Crippen molar-refractivity contribution in [3.63, 3.8) is 0 Å². The summed E-state index contributed by atoms with van der Waals surface area (Å²) < 4.78 is 44.6. The highest BCUT2D eigenvalue weighted by Crippen LogP contribution is 2.45. The third kappa shape index (κ3) is 3.70. The zero-order valence-corrected chi connectivity index (χ0v) is 15.5. The highest BCUT2D eigenvalue weighted by atomic mass is 35.5. The van der Waals surface area contributed by atoms with E-state index >= 15 is 0 Å². The Bertz CT molecular complexity index is 822. The molecule has 0 radical (unpaired) electrons. The summed E-state index contributed by atoms with van der Waals surface area (Å²) in [6.07, 6.45) is -2.96. The Kier molecular flexibility index (Phi) is 5.66. The summed E-state index contributed by atoms with van der Waals surface area (Å²) in [4.78, 5) is 24.6. The van der Waals surface area contributed by atoms with Crippen LogP contribution in [0.4, 0.5) is 13.2 Å². The number of alkyl halides is 3. The van der Waals surface area contributed by atoms with E-state index in [0.717, 1.165) is 12.1 Å². The van der Waals surface area contributed by atoms with Crippen LogP contribution in [0.25, 0.3) is 0 Å². The van der Waals surface area contributed by atoms with Crippen LogP contribution < -0.4 is 0 Å². The molecule has 3 nitrogen and oxygen atoms in total. The van der Waals surface area contributed by atoms with Gasteiger partial charge >= 0.3 is 12.1 Å². The van der Waals surface area contributed by atoms with Crippen LogP contribution in [0.3, 0.4) is 0 Å². The molecule has 0 unspecified atom stereocenters. The molecule has 0 saturated heterocycles. The maximum absolute atomic E-state index is 13.3. The summed E-state index contributed by atoms with van der Waals surface area (Å²) in [6, 6.07) is 3.44. The Morgan fingerprint density at radius 2 is 1.81 bits per heavy atom. The number of allylic oxidation sites excluding steroid dienone is 3. The van der Waals surface area contributed by atoms with Gasteiger partial charge in [-0.15, -0.1) is 0 Å². The molecule has 0 aliphatic heterocycles. The predicted molar refractivity (Wildman–Crippen MR) is 91.8 cm³/mol. The van der Waals surface area contributed by atoms with Crippen molar-refractivity contribution < 1.29 is 27.5 Å². The first-order chi connectivity index (χ1) is 12.0. The van der Waals surface area contributed by atoms with Crippen LogP contribution in [-0.4, -0.2) is 18.9 Å². The van der Waals surface area contributed by atoms with E-state index in [-0.39, 0.29) is 16.9 Å². The molecule has 0 heterocycles. The maximum atomic E-state index is 13.3. The topological polar surface area (TPSA) is 43.4 Å². The van der Waals surface area contributed by atoms with Gasteiger partial charge in [0, 0.05) is 17.4 Å². The van der Waals surface area contributed by atoms with Gasteiger partial charge in [0.1, 0.15) is 5.78 Å². The highest BCUT2D eigenvalue weighted by molar-refractivity contribution is 6.31. The molecule has 0 bridgehead atoms. The number of methoxy groups -OCH3 is 1. The molecule has 2 rings (SSSR count). The van der Waals surface area contributed by atoms with E-state index in [1.807, 2.05) is 0 Å². The lowest BCUT2D eigenvalue weighted by atomic mass is 9.70. The van der Waals surface area contributed by atoms with Crippen LogP contribution in [0, 0.1) is 5.92 Å². The fraction of sp³-hybridized carbons (Fsp3) is 0.368. The largest absolute Gasteiger partial charge is 0.466 e. The second kappa shape index (κ2) is 7.27. The number of esters is 1. The highest BCUT2D eigenvalue weighted by Gasteiger charge is 2.40. The summed E-state index contributed by atoms with van der Waals surface area (Å²) >= 11 is 5.70. The fourth-order valence-electron chi connectivity index (χ4n) is 3.45. The van der Waals surface area contributed by atoms with E-state index in [2.05, 4.69) is 0 Å². The molecule has 1 aromatic rings. The molecule has 7 heteroatoms. The number of hydrogen-bond donors (Lipinski definition) is 0. The van der Waals surface area contributed by atoms with Crippen LogP contribution in [0.1, 0.15) is 37.8 Å². The Morgan fingerprint density at radius 1 is 1.19 bits per heavy atom. The number of carbonyl (C=O) groups is 2. The molecule has 0 spiro atoms. The van der Waals surface area contributed by atoms with Crippen LogP contribution in [0.15, 0.2) is 41.0 Å². The quantitative estimate of drug-likeness (QED) is 0.679. The monoisotopic (exact) mass is 386 g/mol. The second-order valence-corrected chi connectivity index (χ2v) is 6.69. The summed E-state index contributed by atoms with van der Waals surface area (Å²) in [5.41, 5.74) is 0.590. The number of rotatable bonds is 3. The third-order valence-electron chi connectivity index (χ3n) is 4.50. The number of halogens is 4. The smallest absolute Gasteiger partial charge is 0.417 e. The number of ketones is 1. The van der Waals surface area contributed by atoms with Crippen LogP contribution in [0.5, 0.6) is 0 Å². The molecule has 1 aliphatic carbocycles. The van der Waals surface area contributed by atoms with Crippen molar-refractivity contribution in [1.29, 1.82) is 0 Å². The van der Waals surface area contributed by atoms with E-state index in [1.54, 1.807) is 19.9 Å². The number of Topliss-reactive ketones (excluding diaryl/α,β-unsaturated/α-hetero) is 1. The minimum atomic E-state index is -4.65. The summed E-state index contributed by atoms with van der Waals surface area (Å²) in [7, 11) is 1.19. The number of ether oxygens (including phenoxy) is 1. The van der Waals surface area contributed by atoms with Crippen molar-refractivity contribution in [3.05, 3.63) is 57.1 Å². The van der Waals surface area contributed by atoms with Crippen molar-refractivity contribution in [2.45, 2.75) is 32.9 Å². The number of carbonyl (C=O) groups excluding carboxylic acids is 2. The Labute approximate surface area is 154 Å². The lowest BCUT2D eigenvalue weighted by molar-refractivity contribution is -0.137. The average molecular weight is 387 g/mol. The van der Waals surface area contributed by atoms with Gasteiger partial charge in [-0.1, -0.05) is 29.3 Å². The zero-order chi connectivity index (χ0) is 19.8. The molecule has 0 amide bonds. The van der Waals surface area contributed by atoms with Crippen molar-refractivity contribution in [1.82, 2.24) is 0 Å². The van der Waals surface area contributed by atoms with Crippen LogP contribution in [-0.2, 0) is 20.5 Å². The molecule has 0 fully saturated rings. The van der Waals surface area contributed by atoms with Gasteiger partial charge in [0.15, 0.2) is 0 Å². The average Bonchev–Trinajstić information content (AvgIpc) is 2.52. The van der Waals surface area contributed by atoms with Gasteiger partial charge < -0.3 is 4.74 Å². The van der Waals surface area contributed by atoms with Gasteiger partial charge in [0.05, 0.1) is 17.7 Å². The maximum Gasteiger partial charge on any atom is 0.417 e. The summed E-state index contributed by atoms with van der Waals surface area (Å²) in [5.74, 6) is -2.55. The van der Waals surface area contributed by atoms with Gasteiger partial charge in [0.25, 0.3) is 0 Å². The first-order valence-corrected chi connectivity index (χ1v) is 8.21. The Balaban J connectivity index is 2.75. The first-order valence-electron chi connectivity index (χ1n) is 7.83. The molecular formula is C19H18ClF3O3. The molecule has 26 heavy (non-hydrogen) atoms. The van der Waals surface area contributed by atoms with E-state index in [9.17, 15) is 22.8 Å². The van der Waals surface area contributed by atoms with E-state index in [1.165, 1.54) is 20.1 Å². The van der Waals surface area contributed by atoms with Gasteiger partial charge in [-0.2, -0.15) is 13.2 Å². The predicted octanol–water partition coefficient (Wildman–Crippen LogP) is 5.10. The molecule has 1 aromatic carbocycles. The number of benzene rings is 1. The van der Waals surface area contributed by atoms with Crippen molar-refractivity contribution in [2.75, 3.05) is 7.11 Å². The van der Waals surface area contributed by atoms with Crippen molar-refractivity contribution >= 4 is 23.4 Å². The van der Waals surface area contributed by atoms with Crippen LogP contribution in [0.2, 0.25) is 5.02 Å². The normalized spacial score (nSPS) is 20.7. The van der Waals surface area contributed by atoms with Crippen LogP contribution >= 0.6 is 11.6 Å². The second-order valence-electron chi connectivity index (χ2n) is 6.28. The summed E-state index contributed by atoms with van der Waals surface area (Å²) in [5, 5.41) is -0.441. The van der Waals surface area contributed by atoms with Gasteiger partial charge in [-0.3, -0.25) is 4.79 Å². The minimum absolute atomic E-state index is 0.175. The van der Waals surface area contributed by atoms with E-state index in [0.29, 0.717) is 11.1 Å². The molecule has 2 atom stereocenters. The van der Waals surface area contributed by atoms with Gasteiger partial charge in [-0.05, 0) is 44.0 Å². The standard InChI is InChI=1S/C19H18ClF3O3/c1-9-7-10(2)16(18(25)26-4)17(15(9)11(3)24)12-5-6-14(20)13(8-12)19(21,22)23/h5-8,15,17H,1-4H3/t15-,17-/m0/s1. The van der Waals surface area contributed by atoms with E-state index < -0.39 is 34.6 Å². The van der Waals surface area contributed by atoms with Crippen molar-refractivity contribution in [2.24, 2.45) is 5.92 Å². The summed E-state index contributed by atoms with van der Waals surface area (Å²) in [6.45, 7) is 4.74. The Hall–Kier alpha value is -2.08. The van der Waals surface area contributed by atoms with E-state index in [4.69, 9.17) is 16.3 Å². The lowest BCUT2D eigenvalue weighted by Gasteiger charge is -2.32. The van der Waals surface area contributed by atoms with Gasteiger partial charge in [0.2, 0.25) is 0 Å². The first kappa shape index (κ1) is 20.2. The molecule has 0 saturated carbocycles. The molecule has 140 valence electrons. The minimum Gasteiger partial charge on any atom is -0.466 e. The van der Waals surface area contributed by atoms with Gasteiger partial charge in [-0.25, -0.2) is 4.79 Å². The molecule has 0 N–H and O–H groups in total. The van der Waals surface area contributed by atoms with Crippen molar-refractivity contribution in [3.8, 4) is 0 Å². The fourth-order valence-corrected chi connectivity index (χ4v) is 3.67.